The molecule has 0 bridgehead atoms. The number of ketones is 1. The second-order valence-electron chi connectivity index (χ2n) is 4.74. The summed E-state index contributed by atoms with van der Waals surface area (Å²) in [5, 5.41) is 0. The molecule has 0 radical (unpaired) electrons. The van der Waals surface area contributed by atoms with E-state index in [1.807, 2.05) is 0 Å². The zero-order valence-electron chi connectivity index (χ0n) is 13.5. The van der Waals surface area contributed by atoms with Crippen molar-refractivity contribution in [3.05, 3.63) is 11.6 Å². The van der Waals surface area contributed by atoms with E-state index in [9.17, 15) is 14.4 Å². The van der Waals surface area contributed by atoms with E-state index in [4.69, 9.17) is 14.2 Å². The third-order valence-corrected chi connectivity index (χ3v) is 3.64. The molecule has 1 aromatic carbocycles. The third-order valence-electron chi connectivity index (χ3n) is 3.64. The van der Waals surface area contributed by atoms with E-state index in [0.717, 1.165) is 4.90 Å². The summed E-state index contributed by atoms with van der Waals surface area (Å²) in [6.07, 6.45) is 0. The largest absolute Gasteiger partial charge is 0.493 e. The highest BCUT2D eigenvalue weighted by Crippen LogP contribution is 2.48. The van der Waals surface area contributed by atoms with Crippen molar-refractivity contribution in [1.29, 1.82) is 0 Å². The van der Waals surface area contributed by atoms with Crippen LogP contribution in [0, 0.1) is 0 Å². The van der Waals surface area contributed by atoms with Crippen molar-refractivity contribution in [1.82, 2.24) is 0 Å². The Bertz CT molecular complexity index is 683. The zero-order valence-corrected chi connectivity index (χ0v) is 13.5. The van der Waals surface area contributed by atoms with Crippen LogP contribution in [0.2, 0.25) is 0 Å². The predicted octanol–water partition coefficient (Wildman–Crippen LogP) is 0.803. The topological polar surface area (TPSA) is 91.4 Å². The zero-order chi connectivity index (χ0) is 17.3. The Kier molecular flexibility index (Phi) is 4.44. The number of carbonyl (C=O) groups is 3. The van der Waals surface area contributed by atoms with Crippen molar-refractivity contribution >= 4 is 23.3 Å². The van der Waals surface area contributed by atoms with Crippen molar-refractivity contribution in [2.45, 2.75) is 13.0 Å². The van der Waals surface area contributed by atoms with Gasteiger partial charge in [0.15, 0.2) is 11.5 Å². The highest BCUT2D eigenvalue weighted by Gasteiger charge is 2.45. The molecule has 1 aromatic rings. The van der Waals surface area contributed by atoms with Crippen LogP contribution in [0.1, 0.15) is 17.3 Å². The molecule has 23 heavy (non-hydrogen) atoms. The van der Waals surface area contributed by atoms with E-state index in [2.05, 4.69) is 4.74 Å². The van der Waals surface area contributed by atoms with Gasteiger partial charge >= 0.3 is 5.97 Å². The number of hydrogen-bond donors (Lipinski definition) is 0. The first kappa shape index (κ1) is 16.6. The molecular formula is C15H17NO7. The molecule has 0 saturated heterocycles. The summed E-state index contributed by atoms with van der Waals surface area (Å²) in [6.45, 7) is 1.47. The third kappa shape index (κ3) is 2.36. The molecule has 0 N–H and O–H groups in total. The van der Waals surface area contributed by atoms with Crippen molar-refractivity contribution in [3.8, 4) is 17.2 Å². The maximum absolute atomic E-state index is 12.4. The SMILES string of the molecule is COC(=O)C(C)N1C(=O)C(=O)c2c1cc(OC)c(OC)c2OC. The molecule has 0 spiro atoms. The predicted molar refractivity (Wildman–Crippen MR) is 79.4 cm³/mol. The van der Waals surface area contributed by atoms with Gasteiger partial charge in [0.1, 0.15) is 6.04 Å². The maximum atomic E-state index is 12.4. The van der Waals surface area contributed by atoms with Crippen LogP contribution in [0.25, 0.3) is 0 Å². The molecule has 124 valence electrons. The van der Waals surface area contributed by atoms with Crippen molar-refractivity contribution in [2.24, 2.45) is 0 Å². The Morgan fingerprint density at radius 3 is 2.13 bits per heavy atom. The van der Waals surface area contributed by atoms with Crippen molar-refractivity contribution in [3.63, 3.8) is 0 Å². The standard InChI is InChI=1S/C15H17NO7/c1-7(15(19)23-5)16-8-6-9(20-2)12(21-3)13(22-4)10(8)11(17)14(16)18/h6-7H,1-5H3. The average Bonchev–Trinajstić information content (AvgIpc) is 2.82. The first-order valence-corrected chi connectivity index (χ1v) is 6.71. The maximum Gasteiger partial charge on any atom is 0.328 e. The van der Waals surface area contributed by atoms with E-state index >= 15 is 0 Å². The van der Waals surface area contributed by atoms with Gasteiger partial charge in [0.2, 0.25) is 5.75 Å². The van der Waals surface area contributed by atoms with Crippen LogP contribution in [0.3, 0.4) is 0 Å². The van der Waals surface area contributed by atoms with Crippen LogP contribution in [-0.4, -0.2) is 52.1 Å². The van der Waals surface area contributed by atoms with Gasteiger partial charge in [0.05, 0.1) is 39.7 Å². The van der Waals surface area contributed by atoms with Crippen LogP contribution in [0.15, 0.2) is 6.07 Å². The number of Topliss-reactive ketones (excluding diaryl/α,β-unsaturated/α-hetero) is 1. The van der Waals surface area contributed by atoms with Gasteiger partial charge in [-0.15, -0.1) is 0 Å². The summed E-state index contributed by atoms with van der Waals surface area (Å²) in [6, 6.07) is 0.486. The van der Waals surface area contributed by atoms with E-state index in [1.54, 1.807) is 0 Å². The van der Waals surface area contributed by atoms with Gasteiger partial charge in [0, 0.05) is 6.07 Å². The minimum Gasteiger partial charge on any atom is -0.493 e. The van der Waals surface area contributed by atoms with Crippen LogP contribution >= 0.6 is 0 Å². The molecule has 1 atom stereocenters. The molecule has 1 aliphatic heterocycles. The van der Waals surface area contributed by atoms with Gasteiger partial charge in [0.25, 0.3) is 11.7 Å². The summed E-state index contributed by atoms with van der Waals surface area (Å²) < 4.78 is 20.3. The Balaban J connectivity index is 2.72. The number of benzene rings is 1. The molecular weight excluding hydrogens is 306 g/mol. The normalized spacial score (nSPS) is 14.4. The van der Waals surface area contributed by atoms with E-state index in [1.165, 1.54) is 41.4 Å². The van der Waals surface area contributed by atoms with E-state index in [-0.39, 0.29) is 28.5 Å². The lowest BCUT2D eigenvalue weighted by Crippen LogP contribution is -2.43. The number of rotatable bonds is 5. The van der Waals surface area contributed by atoms with Crippen molar-refractivity contribution < 1.29 is 33.3 Å². The minimum absolute atomic E-state index is 0.0332. The number of amides is 1. The van der Waals surface area contributed by atoms with E-state index < -0.39 is 23.7 Å². The Morgan fingerprint density at radius 2 is 1.65 bits per heavy atom. The smallest absolute Gasteiger partial charge is 0.328 e. The Labute approximate surface area is 132 Å². The number of fused-ring (bicyclic) bond motifs is 1. The molecule has 1 amide bonds. The molecule has 0 aliphatic carbocycles. The Hall–Kier alpha value is -2.77. The summed E-state index contributed by atoms with van der Waals surface area (Å²) in [7, 11) is 5.36. The fourth-order valence-electron chi connectivity index (χ4n) is 2.54. The first-order valence-electron chi connectivity index (χ1n) is 6.71. The molecule has 8 heteroatoms. The van der Waals surface area contributed by atoms with Crippen molar-refractivity contribution in [2.75, 3.05) is 33.3 Å². The van der Waals surface area contributed by atoms with Crippen LogP contribution < -0.4 is 19.1 Å². The highest BCUT2D eigenvalue weighted by molar-refractivity contribution is 6.53. The highest BCUT2D eigenvalue weighted by atomic mass is 16.5. The summed E-state index contributed by atoms with van der Waals surface area (Å²) in [5.41, 5.74) is 0.248. The number of hydrogen-bond acceptors (Lipinski definition) is 7. The summed E-state index contributed by atoms with van der Waals surface area (Å²) in [4.78, 5) is 37.5. The number of esters is 1. The molecule has 0 saturated carbocycles. The van der Waals surface area contributed by atoms with Gasteiger partial charge < -0.3 is 18.9 Å². The number of methoxy groups -OCH3 is 4. The second-order valence-corrected chi connectivity index (χ2v) is 4.74. The summed E-state index contributed by atoms with van der Waals surface area (Å²) in [5.74, 6) is -1.72. The fourth-order valence-corrected chi connectivity index (χ4v) is 2.54. The van der Waals surface area contributed by atoms with Crippen LogP contribution in [-0.2, 0) is 14.3 Å². The van der Waals surface area contributed by atoms with Crippen LogP contribution in [0.5, 0.6) is 17.2 Å². The molecule has 1 aliphatic rings. The second kappa shape index (κ2) is 6.15. The fraction of sp³-hybridized carbons (Fsp3) is 0.400. The van der Waals surface area contributed by atoms with Gasteiger partial charge in [-0.25, -0.2) is 4.79 Å². The lowest BCUT2D eigenvalue weighted by atomic mass is 10.1. The molecule has 2 rings (SSSR count). The van der Waals surface area contributed by atoms with E-state index in [0.29, 0.717) is 0 Å². The number of carbonyl (C=O) groups excluding carboxylic acids is 3. The average molecular weight is 323 g/mol. The monoisotopic (exact) mass is 323 g/mol. The lowest BCUT2D eigenvalue weighted by molar-refractivity contribution is -0.142. The molecule has 8 nitrogen and oxygen atoms in total. The minimum atomic E-state index is -0.972. The van der Waals surface area contributed by atoms with Gasteiger partial charge in [-0.2, -0.15) is 0 Å². The van der Waals surface area contributed by atoms with Crippen LogP contribution in [0.4, 0.5) is 5.69 Å². The number of ether oxygens (including phenoxy) is 4. The Morgan fingerprint density at radius 1 is 1.04 bits per heavy atom. The number of anilines is 1. The lowest BCUT2D eigenvalue weighted by Gasteiger charge is -2.23. The molecule has 1 heterocycles. The first-order chi connectivity index (χ1) is 10.9. The molecule has 0 fully saturated rings. The quantitative estimate of drug-likeness (QED) is 0.584. The summed E-state index contributed by atoms with van der Waals surface area (Å²) >= 11 is 0. The van der Waals surface area contributed by atoms with Gasteiger partial charge in [-0.1, -0.05) is 0 Å². The molecule has 0 aromatic heterocycles. The molecule has 1 unspecified atom stereocenters. The van der Waals surface area contributed by atoms with Gasteiger partial charge in [-0.3, -0.25) is 14.5 Å². The van der Waals surface area contributed by atoms with Gasteiger partial charge in [-0.05, 0) is 6.92 Å². The number of nitrogens with zero attached hydrogens (tertiary/aromatic N) is 1.